The van der Waals surface area contributed by atoms with E-state index in [0.29, 0.717) is 13.0 Å². The lowest BCUT2D eigenvalue weighted by Crippen LogP contribution is -2.38. The number of benzene rings is 1. The Hall–Kier alpha value is -0.940. The van der Waals surface area contributed by atoms with E-state index in [0.717, 1.165) is 10.0 Å². The molecule has 1 unspecified atom stereocenters. The number of nitrogens with zero attached hydrogens (tertiary/aromatic N) is 1. The van der Waals surface area contributed by atoms with Crippen LogP contribution >= 0.6 is 28.1 Å². The Kier molecular flexibility index (Phi) is 5.75. The van der Waals surface area contributed by atoms with Crippen molar-refractivity contribution < 1.29 is 4.79 Å². The van der Waals surface area contributed by atoms with Crippen molar-refractivity contribution in [3.05, 3.63) is 34.3 Å². The third kappa shape index (κ3) is 4.07. The molecule has 0 aromatic heterocycles. The van der Waals surface area contributed by atoms with Gasteiger partial charge in [-0.25, -0.2) is 0 Å². The van der Waals surface area contributed by atoms with Crippen molar-refractivity contribution >= 4 is 39.0 Å². The van der Waals surface area contributed by atoms with Gasteiger partial charge in [0.2, 0.25) is 5.91 Å². The van der Waals surface area contributed by atoms with E-state index >= 15 is 0 Å². The van der Waals surface area contributed by atoms with Gasteiger partial charge in [-0.15, -0.1) is 0 Å². The standard InChI is InChI=1S/C13H17BrN2OS/c1-3-11(12(15)18)13(17)16(2)8-9-5-4-6-10(14)7-9/h4-7,11H,3,8H2,1-2H3,(H2,15,18). The smallest absolute Gasteiger partial charge is 0.232 e. The van der Waals surface area contributed by atoms with Crippen molar-refractivity contribution in [1.29, 1.82) is 0 Å². The summed E-state index contributed by atoms with van der Waals surface area (Å²) in [7, 11) is 1.77. The second-order valence-electron chi connectivity index (χ2n) is 4.19. The lowest BCUT2D eigenvalue weighted by Gasteiger charge is -2.22. The maximum atomic E-state index is 12.2. The zero-order valence-corrected chi connectivity index (χ0v) is 12.9. The molecule has 0 saturated heterocycles. The average molecular weight is 329 g/mol. The van der Waals surface area contributed by atoms with Crippen molar-refractivity contribution in [3.63, 3.8) is 0 Å². The maximum Gasteiger partial charge on any atom is 0.232 e. The van der Waals surface area contributed by atoms with E-state index in [4.69, 9.17) is 18.0 Å². The molecule has 0 aliphatic heterocycles. The number of thiocarbonyl (C=S) groups is 1. The second-order valence-corrected chi connectivity index (χ2v) is 5.57. The molecule has 1 atom stereocenters. The molecule has 0 bridgehead atoms. The van der Waals surface area contributed by atoms with E-state index < -0.39 is 0 Å². The lowest BCUT2D eigenvalue weighted by molar-refractivity contribution is -0.132. The van der Waals surface area contributed by atoms with Crippen LogP contribution < -0.4 is 5.73 Å². The summed E-state index contributed by atoms with van der Waals surface area (Å²) in [6.07, 6.45) is 0.636. The molecule has 5 heteroatoms. The van der Waals surface area contributed by atoms with Crippen molar-refractivity contribution in [3.8, 4) is 0 Å². The first-order valence-electron chi connectivity index (χ1n) is 5.74. The highest BCUT2D eigenvalue weighted by molar-refractivity contribution is 9.10. The zero-order chi connectivity index (χ0) is 13.7. The minimum atomic E-state index is -0.364. The summed E-state index contributed by atoms with van der Waals surface area (Å²) in [5.41, 5.74) is 6.65. The first-order chi connectivity index (χ1) is 8.45. The number of hydrogen-bond acceptors (Lipinski definition) is 2. The van der Waals surface area contributed by atoms with E-state index in [9.17, 15) is 4.79 Å². The molecule has 0 aliphatic rings. The Morgan fingerprint density at radius 2 is 2.22 bits per heavy atom. The fourth-order valence-electron chi connectivity index (χ4n) is 1.75. The molecule has 0 spiro atoms. The maximum absolute atomic E-state index is 12.2. The summed E-state index contributed by atoms with van der Waals surface area (Å²) >= 11 is 8.33. The SMILES string of the molecule is CCC(C(=O)N(C)Cc1cccc(Br)c1)C(N)=S. The van der Waals surface area contributed by atoms with Gasteiger partial charge < -0.3 is 10.6 Å². The minimum absolute atomic E-state index is 0.0232. The van der Waals surface area contributed by atoms with Crippen molar-refractivity contribution in [2.24, 2.45) is 11.7 Å². The topological polar surface area (TPSA) is 46.3 Å². The third-order valence-corrected chi connectivity index (χ3v) is 3.51. The van der Waals surface area contributed by atoms with Crippen molar-refractivity contribution in [2.45, 2.75) is 19.9 Å². The lowest BCUT2D eigenvalue weighted by atomic mass is 10.1. The third-order valence-electron chi connectivity index (χ3n) is 2.73. The quantitative estimate of drug-likeness (QED) is 0.845. The number of amides is 1. The highest BCUT2D eigenvalue weighted by Crippen LogP contribution is 2.15. The number of carbonyl (C=O) groups excluding carboxylic acids is 1. The van der Waals surface area contributed by atoms with Gasteiger partial charge in [-0.2, -0.15) is 0 Å². The summed E-state index contributed by atoms with van der Waals surface area (Å²) in [6, 6.07) is 7.87. The summed E-state index contributed by atoms with van der Waals surface area (Å²) in [5, 5.41) is 0. The van der Waals surface area contributed by atoms with Crippen LogP contribution in [0.5, 0.6) is 0 Å². The molecule has 1 aromatic rings. The zero-order valence-electron chi connectivity index (χ0n) is 10.5. The molecule has 1 rings (SSSR count). The molecule has 0 aliphatic carbocycles. The summed E-state index contributed by atoms with van der Waals surface area (Å²) in [5.74, 6) is -0.387. The molecule has 0 heterocycles. The van der Waals surface area contributed by atoms with Crippen LogP contribution in [-0.4, -0.2) is 22.8 Å². The Balaban J connectivity index is 2.73. The van der Waals surface area contributed by atoms with Gasteiger partial charge in [0.1, 0.15) is 0 Å². The molecule has 0 saturated carbocycles. The van der Waals surface area contributed by atoms with Gasteiger partial charge in [-0.3, -0.25) is 4.79 Å². The van der Waals surface area contributed by atoms with E-state index in [1.54, 1.807) is 11.9 Å². The molecule has 0 radical (unpaired) electrons. The number of carbonyl (C=O) groups is 1. The van der Waals surface area contributed by atoms with Crippen LogP contribution in [0.2, 0.25) is 0 Å². The summed E-state index contributed by atoms with van der Waals surface area (Å²) in [4.78, 5) is 14.1. The predicted octanol–water partition coefficient (Wildman–Crippen LogP) is 2.72. The van der Waals surface area contributed by atoms with Gasteiger partial charge in [-0.05, 0) is 24.1 Å². The molecule has 2 N–H and O–H groups in total. The molecule has 1 aromatic carbocycles. The van der Waals surface area contributed by atoms with Gasteiger partial charge >= 0.3 is 0 Å². The minimum Gasteiger partial charge on any atom is -0.393 e. The Morgan fingerprint density at radius 1 is 1.56 bits per heavy atom. The molecule has 3 nitrogen and oxygen atoms in total. The molecule has 18 heavy (non-hydrogen) atoms. The van der Waals surface area contributed by atoms with Gasteiger partial charge in [0, 0.05) is 18.1 Å². The molecular weight excluding hydrogens is 312 g/mol. The summed E-state index contributed by atoms with van der Waals surface area (Å²) < 4.78 is 1.00. The highest BCUT2D eigenvalue weighted by atomic mass is 79.9. The van der Waals surface area contributed by atoms with Crippen LogP contribution in [0.4, 0.5) is 0 Å². The van der Waals surface area contributed by atoms with E-state index in [2.05, 4.69) is 15.9 Å². The van der Waals surface area contributed by atoms with Crippen LogP contribution in [0.15, 0.2) is 28.7 Å². The summed E-state index contributed by atoms with van der Waals surface area (Å²) in [6.45, 7) is 2.46. The van der Waals surface area contributed by atoms with Gasteiger partial charge in [-0.1, -0.05) is 47.2 Å². The molecule has 1 amide bonds. The molecule has 98 valence electrons. The number of hydrogen-bond donors (Lipinski definition) is 1. The number of rotatable bonds is 5. The fourth-order valence-corrected chi connectivity index (χ4v) is 2.46. The van der Waals surface area contributed by atoms with E-state index in [1.165, 1.54) is 0 Å². The average Bonchev–Trinajstić information content (AvgIpc) is 2.29. The number of nitrogens with two attached hydrogens (primary N) is 1. The highest BCUT2D eigenvalue weighted by Gasteiger charge is 2.22. The van der Waals surface area contributed by atoms with Gasteiger partial charge in [0.15, 0.2) is 0 Å². The van der Waals surface area contributed by atoms with Gasteiger partial charge in [0.25, 0.3) is 0 Å². The Labute approximate surface area is 121 Å². The van der Waals surface area contributed by atoms with E-state index in [-0.39, 0.29) is 16.8 Å². The van der Waals surface area contributed by atoms with Crippen LogP contribution in [0.1, 0.15) is 18.9 Å². The Bertz CT molecular complexity index is 450. The largest absolute Gasteiger partial charge is 0.393 e. The van der Waals surface area contributed by atoms with Crippen LogP contribution in [0, 0.1) is 5.92 Å². The van der Waals surface area contributed by atoms with Crippen LogP contribution in [0.25, 0.3) is 0 Å². The number of halogens is 1. The predicted molar refractivity (Wildman–Crippen MR) is 81.2 cm³/mol. The van der Waals surface area contributed by atoms with Crippen LogP contribution in [-0.2, 0) is 11.3 Å². The van der Waals surface area contributed by atoms with Crippen molar-refractivity contribution in [1.82, 2.24) is 4.90 Å². The normalized spacial score (nSPS) is 11.9. The van der Waals surface area contributed by atoms with Gasteiger partial charge in [0.05, 0.1) is 10.9 Å². The Morgan fingerprint density at radius 3 is 2.72 bits per heavy atom. The molecular formula is C13H17BrN2OS. The fraction of sp³-hybridized carbons (Fsp3) is 0.385. The first-order valence-corrected chi connectivity index (χ1v) is 6.94. The van der Waals surface area contributed by atoms with Crippen molar-refractivity contribution in [2.75, 3.05) is 7.05 Å². The van der Waals surface area contributed by atoms with Crippen LogP contribution in [0.3, 0.4) is 0 Å². The van der Waals surface area contributed by atoms with E-state index in [1.807, 2.05) is 31.2 Å². The first kappa shape index (κ1) is 15.1. The molecule has 0 fully saturated rings. The monoisotopic (exact) mass is 328 g/mol. The second kappa shape index (κ2) is 6.85.